The van der Waals surface area contributed by atoms with Crippen LogP contribution in [0.5, 0.6) is 5.75 Å². The highest BCUT2D eigenvalue weighted by Gasteiger charge is 2.27. The summed E-state index contributed by atoms with van der Waals surface area (Å²) < 4.78 is 5.41. The molecule has 2 aromatic carbocycles. The minimum Gasteiger partial charge on any atom is -0.494 e. The van der Waals surface area contributed by atoms with Crippen molar-refractivity contribution in [3.05, 3.63) is 59.7 Å². The summed E-state index contributed by atoms with van der Waals surface area (Å²) in [6, 6.07) is 15.5. The van der Waals surface area contributed by atoms with E-state index in [-0.39, 0.29) is 17.7 Å². The molecule has 0 unspecified atom stereocenters. The third-order valence-corrected chi connectivity index (χ3v) is 5.13. The van der Waals surface area contributed by atoms with Gasteiger partial charge >= 0.3 is 0 Å². The molecule has 3 rings (SSSR count). The van der Waals surface area contributed by atoms with Crippen LogP contribution in [0.3, 0.4) is 0 Å². The number of rotatable bonds is 6. The fourth-order valence-electron chi connectivity index (χ4n) is 3.43. The first-order valence-corrected chi connectivity index (χ1v) is 9.92. The van der Waals surface area contributed by atoms with E-state index >= 15 is 0 Å². The van der Waals surface area contributed by atoms with Gasteiger partial charge in [0.1, 0.15) is 5.75 Å². The average Bonchev–Trinajstić information content (AvgIpc) is 2.71. The van der Waals surface area contributed by atoms with Gasteiger partial charge in [0, 0.05) is 24.7 Å². The molecular formula is C23H28N2O3. The Balaban J connectivity index is 1.46. The maximum atomic E-state index is 12.5. The van der Waals surface area contributed by atoms with Gasteiger partial charge < -0.3 is 15.0 Å². The van der Waals surface area contributed by atoms with Crippen LogP contribution in [0.1, 0.15) is 30.9 Å². The fourth-order valence-corrected chi connectivity index (χ4v) is 3.43. The second-order valence-corrected chi connectivity index (χ2v) is 7.26. The van der Waals surface area contributed by atoms with Crippen molar-refractivity contribution in [2.75, 3.05) is 25.0 Å². The molecule has 2 aromatic rings. The Morgan fingerprint density at radius 2 is 1.68 bits per heavy atom. The van der Waals surface area contributed by atoms with Gasteiger partial charge in [-0.05, 0) is 56.5 Å². The van der Waals surface area contributed by atoms with E-state index in [0.29, 0.717) is 39.0 Å². The summed E-state index contributed by atoms with van der Waals surface area (Å²) in [6.45, 7) is 5.85. The van der Waals surface area contributed by atoms with Gasteiger partial charge in [-0.15, -0.1) is 0 Å². The number of likely N-dealkylation sites (tertiary alicyclic amines) is 1. The number of carbonyl (C=O) groups excluding carboxylic acids is 2. The number of nitrogens with zero attached hydrogens (tertiary/aromatic N) is 1. The van der Waals surface area contributed by atoms with Crippen LogP contribution in [0.2, 0.25) is 0 Å². The number of ether oxygens (including phenoxy) is 1. The SMILES string of the molecule is CCOc1ccc(NC(=O)C2CCN(C(=O)Cc3ccc(C)cc3)CC2)cc1. The predicted octanol–water partition coefficient (Wildman–Crippen LogP) is 3.81. The second kappa shape index (κ2) is 9.40. The molecular weight excluding hydrogens is 352 g/mol. The van der Waals surface area contributed by atoms with E-state index in [9.17, 15) is 9.59 Å². The molecule has 0 aromatic heterocycles. The van der Waals surface area contributed by atoms with Crippen LogP contribution in [0.25, 0.3) is 0 Å². The molecule has 1 aliphatic heterocycles. The highest BCUT2D eigenvalue weighted by atomic mass is 16.5. The highest BCUT2D eigenvalue weighted by molar-refractivity contribution is 5.92. The van der Waals surface area contributed by atoms with Gasteiger partial charge in [0.15, 0.2) is 0 Å². The summed E-state index contributed by atoms with van der Waals surface area (Å²) in [6.07, 6.45) is 1.81. The van der Waals surface area contributed by atoms with E-state index in [4.69, 9.17) is 4.74 Å². The lowest BCUT2D eigenvalue weighted by Gasteiger charge is -2.31. The average molecular weight is 380 g/mol. The van der Waals surface area contributed by atoms with Gasteiger partial charge in [-0.1, -0.05) is 29.8 Å². The summed E-state index contributed by atoms with van der Waals surface area (Å²) in [4.78, 5) is 26.9. The number of hydrogen-bond donors (Lipinski definition) is 1. The zero-order valence-corrected chi connectivity index (χ0v) is 16.6. The van der Waals surface area contributed by atoms with Crippen molar-refractivity contribution in [1.29, 1.82) is 0 Å². The highest BCUT2D eigenvalue weighted by Crippen LogP contribution is 2.21. The maximum absolute atomic E-state index is 12.5. The van der Waals surface area contributed by atoms with Gasteiger partial charge in [-0.3, -0.25) is 9.59 Å². The van der Waals surface area contributed by atoms with Crippen LogP contribution in [0.15, 0.2) is 48.5 Å². The molecule has 0 bridgehead atoms. The summed E-state index contributed by atoms with van der Waals surface area (Å²) in [5.41, 5.74) is 2.99. The molecule has 5 nitrogen and oxygen atoms in total. The summed E-state index contributed by atoms with van der Waals surface area (Å²) >= 11 is 0. The van der Waals surface area contributed by atoms with Crippen molar-refractivity contribution in [3.8, 4) is 5.75 Å². The van der Waals surface area contributed by atoms with E-state index in [0.717, 1.165) is 17.0 Å². The molecule has 0 atom stereocenters. The number of amides is 2. The van der Waals surface area contributed by atoms with E-state index in [2.05, 4.69) is 5.32 Å². The molecule has 0 radical (unpaired) electrons. The first-order valence-electron chi connectivity index (χ1n) is 9.92. The third-order valence-electron chi connectivity index (χ3n) is 5.13. The van der Waals surface area contributed by atoms with E-state index < -0.39 is 0 Å². The van der Waals surface area contributed by atoms with Crippen LogP contribution in [-0.2, 0) is 16.0 Å². The Bertz CT molecular complexity index is 792. The Morgan fingerprint density at radius 1 is 1.04 bits per heavy atom. The molecule has 1 fully saturated rings. The standard InChI is InChI=1S/C23H28N2O3/c1-3-28-21-10-8-20(9-11-21)24-23(27)19-12-14-25(15-13-19)22(26)16-18-6-4-17(2)5-7-18/h4-11,19H,3,12-16H2,1-2H3,(H,24,27). The Labute approximate surface area is 166 Å². The predicted molar refractivity (Wildman–Crippen MR) is 110 cm³/mol. The summed E-state index contributed by atoms with van der Waals surface area (Å²) in [7, 11) is 0. The maximum Gasteiger partial charge on any atom is 0.227 e. The van der Waals surface area contributed by atoms with Crippen LogP contribution < -0.4 is 10.1 Å². The number of carbonyl (C=O) groups is 2. The lowest BCUT2D eigenvalue weighted by Crippen LogP contribution is -2.42. The van der Waals surface area contributed by atoms with Crippen molar-refractivity contribution in [2.24, 2.45) is 5.92 Å². The van der Waals surface area contributed by atoms with Crippen molar-refractivity contribution in [2.45, 2.75) is 33.1 Å². The topological polar surface area (TPSA) is 58.6 Å². The normalized spacial score (nSPS) is 14.6. The van der Waals surface area contributed by atoms with Gasteiger partial charge in [0.05, 0.1) is 13.0 Å². The summed E-state index contributed by atoms with van der Waals surface area (Å²) in [5, 5.41) is 2.97. The molecule has 0 spiro atoms. The number of anilines is 1. The smallest absolute Gasteiger partial charge is 0.227 e. The van der Waals surface area contributed by atoms with Crippen LogP contribution in [-0.4, -0.2) is 36.4 Å². The summed E-state index contributed by atoms with van der Waals surface area (Å²) in [5.74, 6) is 0.889. The fraction of sp³-hybridized carbons (Fsp3) is 0.391. The van der Waals surface area contributed by atoms with E-state index in [1.807, 2.05) is 67.3 Å². The van der Waals surface area contributed by atoms with E-state index in [1.54, 1.807) is 0 Å². The quantitative estimate of drug-likeness (QED) is 0.829. The Hall–Kier alpha value is -2.82. The minimum atomic E-state index is -0.0602. The van der Waals surface area contributed by atoms with Crippen molar-refractivity contribution >= 4 is 17.5 Å². The van der Waals surface area contributed by atoms with Crippen molar-refractivity contribution < 1.29 is 14.3 Å². The molecule has 1 saturated heterocycles. The first-order chi connectivity index (χ1) is 13.5. The molecule has 1 aliphatic rings. The largest absolute Gasteiger partial charge is 0.494 e. The molecule has 148 valence electrons. The molecule has 28 heavy (non-hydrogen) atoms. The van der Waals surface area contributed by atoms with Crippen LogP contribution in [0.4, 0.5) is 5.69 Å². The van der Waals surface area contributed by atoms with Crippen molar-refractivity contribution in [3.63, 3.8) is 0 Å². The number of benzene rings is 2. The van der Waals surface area contributed by atoms with Crippen molar-refractivity contribution in [1.82, 2.24) is 4.90 Å². The number of aryl methyl sites for hydroxylation is 1. The van der Waals surface area contributed by atoms with Gasteiger partial charge in [0.2, 0.25) is 11.8 Å². The first kappa shape index (κ1) is 19.9. The number of piperidine rings is 1. The van der Waals surface area contributed by atoms with Gasteiger partial charge in [-0.2, -0.15) is 0 Å². The second-order valence-electron chi connectivity index (χ2n) is 7.26. The van der Waals surface area contributed by atoms with Gasteiger partial charge in [-0.25, -0.2) is 0 Å². The Kier molecular flexibility index (Phi) is 6.69. The minimum absolute atomic E-state index is 0.0230. The number of hydrogen-bond acceptors (Lipinski definition) is 3. The van der Waals surface area contributed by atoms with Gasteiger partial charge in [0.25, 0.3) is 0 Å². The Morgan fingerprint density at radius 3 is 2.29 bits per heavy atom. The molecule has 0 saturated carbocycles. The number of nitrogens with one attached hydrogen (secondary N) is 1. The molecule has 5 heteroatoms. The molecule has 1 N–H and O–H groups in total. The molecule has 1 heterocycles. The monoisotopic (exact) mass is 380 g/mol. The van der Waals surface area contributed by atoms with Crippen LogP contribution in [0, 0.1) is 12.8 Å². The zero-order valence-electron chi connectivity index (χ0n) is 16.6. The molecule has 0 aliphatic carbocycles. The third kappa shape index (κ3) is 5.35. The molecule has 2 amide bonds. The zero-order chi connectivity index (χ0) is 19.9. The lowest BCUT2D eigenvalue weighted by molar-refractivity contribution is -0.133. The van der Waals surface area contributed by atoms with E-state index in [1.165, 1.54) is 5.56 Å². The van der Waals surface area contributed by atoms with Crippen LogP contribution >= 0.6 is 0 Å². The lowest BCUT2D eigenvalue weighted by atomic mass is 9.95.